The van der Waals surface area contributed by atoms with Gasteiger partial charge in [0.15, 0.2) is 0 Å². The highest BCUT2D eigenvalue weighted by atomic mass is 32.2. The number of nitrogens with one attached hydrogen (secondary N) is 1. The van der Waals surface area contributed by atoms with Crippen molar-refractivity contribution in [1.29, 1.82) is 0 Å². The van der Waals surface area contributed by atoms with Gasteiger partial charge < -0.3 is 5.32 Å². The third-order valence-electron chi connectivity index (χ3n) is 3.93. The summed E-state index contributed by atoms with van der Waals surface area (Å²) in [4.78, 5) is 0. The van der Waals surface area contributed by atoms with Gasteiger partial charge in [-0.25, -0.2) is 4.39 Å². The van der Waals surface area contributed by atoms with Crippen molar-refractivity contribution in [3.63, 3.8) is 0 Å². The smallest absolute Gasteiger partial charge is 0.123 e. The van der Waals surface area contributed by atoms with Gasteiger partial charge in [-0.2, -0.15) is 11.8 Å². The molecule has 0 amide bonds. The fraction of sp³-hybridized carbons (Fsp3) is 0.625. The maximum Gasteiger partial charge on any atom is 0.123 e. The van der Waals surface area contributed by atoms with Crippen molar-refractivity contribution in [3.8, 4) is 0 Å². The molecule has 0 bridgehead atoms. The number of thioether (sulfide) groups is 1. The lowest BCUT2D eigenvalue weighted by molar-refractivity contribution is 0.450. The zero-order valence-electron chi connectivity index (χ0n) is 12.5. The number of rotatable bonds is 8. The Labute approximate surface area is 121 Å². The van der Waals surface area contributed by atoms with Crippen molar-refractivity contribution in [1.82, 2.24) is 5.32 Å². The van der Waals surface area contributed by atoms with E-state index in [-0.39, 0.29) is 5.82 Å². The Morgan fingerprint density at radius 1 is 1.32 bits per heavy atom. The minimum Gasteiger partial charge on any atom is -0.313 e. The van der Waals surface area contributed by atoms with E-state index >= 15 is 0 Å². The predicted octanol–water partition coefficient (Wildman–Crippen LogP) is 4.27. The lowest BCUT2D eigenvalue weighted by atomic mass is 10.0. The Kier molecular flexibility index (Phi) is 6.87. The van der Waals surface area contributed by atoms with Gasteiger partial charge in [0.2, 0.25) is 0 Å². The summed E-state index contributed by atoms with van der Waals surface area (Å²) in [5.74, 6) is -0.148. The first-order valence-electron chi connectivity index (χ1n) is 7.08. The van der Waals surface area contributed by atoms with E-state index in [9.17, 15) is 4.39 Å². The molecule has 0 saturated carbocycles. The molecule has 0 aliphatic rings. The fourth-order valence-corrected chi connectivity index (χ4v) is 3.12. The third-order valence-corrected chi connectivity index (χ3v) is 5.51. The van der Waals surface area contributed by atoms with Crippen LogP contribution in [0.2, 0.25) is 0 Å². The maximum absolute atomic E-state index is 13.1. The Hall–Kier alpha value is -0.540. The van der Waals surface area contributed by atoms with Gasteiger partial charge in [0.05, 0.1) is 0 Å². The SMILES string of the molecule is CCC(CC)(CNC(C)Cc1cccc(F)c1)SC. The lowest BCUT2D eigenvalue weighted by Crippen LogP contribution is -2.41. The van der Waals surface area contributed by atoms with Crippen molar-refractivity contribution in [2.24, 2.45) is 0 Å². The quantitative estimate of drug-likeness (QED) is 0.764. The van der Waals surface area contributed by atoms with Crippen molar-refractivity contribution in [2.45, 2.75) is 50.8 Å². The number of hydrogen-bond acceptors (Lipinski definition) is 2. The molecule has 1 aromatic carbocycles. The van der Waals surface area contributed by atoms with E-state index in [1.807, 2.05) is 17.8 Å². The standard InChI is InChI=1S/C16H26FNS/c1-5-16(6-2,19-4)12-18-13(3)10-14-8-7-9-15(17)11-14/h7-9,11,13,18H,5-6,10,12H2,1-4H3. The average Bonchev–Trinajstić information content (AvgIpc) is 2.41. The van der Waals surface area contributed by atoms with Gasteiger partial charge in [-0.1, -0.05) is 26.0 Å². The lowest BCUT2D eigenvalue weighted by Gasteiger charge is -2.31. The molecule has 1 rings (SSSR count). The second kappa shape index (κ2) is 7.91. The van der Waals surface area contributed by atoms with Gasteiger partial charge in [0.1, 0.15) is 5.82 Å². The van der Waals surface area contributed by atoms with Gasteiger partial charge in [0.25, 0.3) is 0 Å². The average molecular weight is 283 g/mol. The molecular weight excluding hydrogens is 257 g/mol. The molecule has 0 aromatic heterocycles. The van der Waals surface area contributed by atoms with E-state index in [0.29, 0.717) is 10.8 Å². The van der Waals surface area contributed by atoms with Gasteiger partial charge in [-0.05, 0) is 50.1 Å². The summed E-state index contributed by atoms with van der Waals surface area (Å²) >= 11 is 1.95. The highest BCUT2D eigenvalue weighted by Gasteiger charge is 2.24. The van der Waals surface area contributed by atoms with E-state index < -0.39 is 0 Å². The molecule has 1 unspecified atom stereocenters. The Morgan fingerprint density at radius 3 is 2.53 bits per heavy atom. The summed E-state index contributed by atoms with van der Waals surface area (Å²) < 4.78 is 13.5. The molecule has 0 saturated heterocycles. The molecule has 0 aliphatic heterocycles. The normalized spacial score (nSPS) is 13.5. The molecule has 19 heavy (non-hydrogen) atoms. The van der Waals surface area contributed by atoms with Crippen molar-refractivity contribution >= 4 is 11.8 Å². The predicted molar refractivity (Wildman–Crippen MR) is 84.4 cm³/mol. The molecule has 0 heterocycles. The molecule has 1 aromatic rings. The number of benzene rings is 1. The van der Waals surface area contributed by atoms with E-state index in [0.717, 1.165) is 18.5 Å². The van der Waals surface area contributed by atoms with E-state index in [1.54, 1.807) is 12.1 Å². The summed E-state index contributed by atoms with van der Waals surface area (Å²) in [5, 5.41) is 3.60. The van der Waals surface area contributed by atoms with Crippen LogP contribution in [-0.4, -0.2) is 23.6 Å². The van der Waals surface area contributed by atoms with Crippen LogP contribution in [0.25, 0.3) is 0 Å². The summed E-state index contributed by atoms with van der Waals surface area (Å²) in [6, 6.07) is 7.25. The topological polar surface area (TPSA) is 12.0 Å². The molecule has 108 valence electrons. The van der Waals surface area contributed by atoms with Crippen LogP contribution in [0, 0.1) is 5.82 Å². The van der Waals surface area contributed by atoms with Crippen LogP contribution >= 0.6 is 11.8 Å². The summed E-state index contributed by atoms with van der Waals surface area (Å²) in [6.45, 7) is 7.68. The van der Waals surface area contributed by atoms with Crippen molar-refractivity contribution in [3.05, 3.63) is 35.6 Å². The second-order valence-electron chi connectivity index (χ2n) is 5.21. The van der Waals surface area contributed by atoms with Crippen LogP contribution in [-0.2, 0) is 6.42 Å². The number of halogens is 1. The first kappa shape index (κ1) is 16.5. The fourth-order valence-electron chi connectivity index (χ4n) is 2.31. The first-order valence-corrected chi connectivity index (χ1v) is 8.30. The molecule has 0 aliphatic carbocycles. The molecule has 0 spiro atoms. The summed E-state index contributed by atoms with van der Waals surface area (Å²) in [5.41, 5.74) is 1.06. The molecule has 3 heteroatoms. The van der Waals surface area contributed by atoms with Crippen LogP contribution in [0.15, 0.2) is 24.3 Å². The van der Waals surface area contributed by atoms with Crippen LogP contribution < -0.4 is 5.32 Å². The second-order valence-corrected chi connectivity index (χ2v) is 6.48. The van der Waals surface area contributed by atoms with Crippen molar-refractivity contribution in [2.75, 3.05) is 12.8 Å². The van der Waals surface area contributed by atoms with E-state index in [2.05, 4.69) is 32.3 Å². The highest BCUT2D eigenvalue weighted by molar-refractivity contribution is 8.00. The Bertz CT molecular complexity index is 369. The molecule has 0 fully saturated rings. The zero-order valence-corrected chi connectivity index (χ0v) is 13.3. The largest absolute Gasteiger partial charge is 0.313 e. The number of hydrogen-bond donors (Lipinski definition) is 1. The Balaban J connectivity index is 2.49. The molecule has 1 atom stereocenters. The van der Waals surface area contributed by atoms with Crippen LogP contribution in [0.5, 0.6) is 0 Å². The summed E-state index contributed by atoms with van der Waals surface area (Å²) in [6.07, 6.45) is 5.40. The monoisotopic (exact) mass is 283 g/mol. The molecule has 1 nitrogen and oxygen atoms in total. The minimum atomic E-state index is -0.148. The molecule has 1 N–H and O–H groups in total. The Morgan fingerprint density at radius 2 is 2.00 bits per heavy atom. The van der Waals surface area contributed by atoms with Crippen LogP contribution in [0.3, 0.4) is 0 Å². The van der Waals surface area contributed by atoms with Gasteiger partial charge in [0, 0.05) is 17.3 Å². The van der Waals surface area contributed by atoms with Crippen LogP contribution in [0.4, 0.5) is 4.39 Å². The molecule has 0 radical (unpaired) electrons. The van der Waals surface area contributed by atoms with Crippen LogP contribution in [0.1, 0.15) is 39.2 Å². The summed E-state index contributed by atoms with van der Waals surface area (Å²) in [7, 11) is 0. The first-order chi connectivity index (χ1) is 9.05. The van der Waals surface area contributed by atoms with Gasteiger partial charge in [-0.15, -0.1) is 0 Å². The third kappa shape index (κ3) is 5.15. The van der Waals surface area contributed by atoms with Gasteiger partial charge >= 0.3 is 0 Å². The van der Waals surface area contributed by atoms with Gasteiger partial charge in [-0.3, -0.25) is 0 Å². The minimum absolute atomic E-state index is 0.148. The van der Waals surface area contributed by atoms with Crippen molar-refractivity contribution < 1.29 is 4.39 Å². The van der Waals surface area contributed by atoms with E-state index in [4.69, 9.17) is 0 Å². The zero-order chi connectivity index (χ0) is 14.3. The van der Waals surface area contributed by atoms with E-state index in [1.165, 1.54) is 18.9 Å². The molecular formula is C16H26FNS. The highest BCUT2D eigenvalue weighted by Crippen LogP contribution is 2.29. The maximum atomic E-state index is 13.1.